The van der Waals surface area contributed by atoms with Gasteiger partial charge in [-0.25, -0.2) is 4.39 Å². The maximum absolute atomic E-state index is 13.9. The average Bonchev–Trinajstić information content (AvgIpc) is 2.28. The molecule has 0 aliphatic heterocycles. The van der Waals surface area contributed by atoms with Crippen molar-refractivity contribution in [1.82, 2.24) is 0 Å². The molecule has 2 heteroatoms. The van der Waals surface area contributed by atoms with Gasteiger partial charge in [-0.15, -0.1) is 0 Å². The lowest BCUT2D eigenvalue weighted by atomic mass is 9.77. The quantitative estimate of drug-likeness (QED) is 0.824. The second-order valence-corrected chi connectivity index (χ2v) is 4.88. The zero-order valence-electron chi connectivity index (χ0n) is 10.1. The number of phenols is 1. The Morgan fingerprint density at radius 1 is 1.00 bits per heavy atom. The summed E-state index contributed by atoms with van der Waals surface area (Å²) in [6, 6.07) is 12.4. The van der Waals surface area contributed by atoms with E-state index in [0.717, 1.165) is 5.56 Å². The Morgan fingerprint density at radius 3 is 2.44 bits per heavy atom. The van der Waals surface area contributed by atoms with Gasteiger partial charge in [-0.3, -0.25) is 0 Å². The van der Waals surface area contributed by atoms with Gasteiger partial charge in [0.1, 0.15) is 11.6 Å². The lowest BCUT2D eigenvalue weighted by molar-refractivity contribution is 0.420. The third kappa shape index (κ3) is 1.88. The summed E-state index contributed by atoms with van der Waals surface area (Å²) in [4.78, 5) is 0. The Balaban J connectivity index is 2.10. The van der Waals surface area contributed by atoms with Crippen LogP contribution in [0.1, 0.15) is 30.7 Å². The molecule has 0 bridgehead atoms. The molecule has 0 atom stereocenters. The Kier molecular flexibility index (Phi) is 2.78. The molecule has 1 N–H and O–H groups in total. The first-order chi connectivity index (χ1) is 8.75. The Hall–Kier alpha value is -1.83. The molecule has 1 fully saturated rings. The molecule has 0 spiro atoms. The standard InChI is InChI=1S/C16H15FO/c17-16-10-12(18)8-9-15(16)14-7-2-1-6-13(14)11-4-3-5-11/h1-2,6-11,18H,3-5H2. The molecule has 0 unspecified atom stereocenters. The van der Waals surface area contributed by atoms with Crippen molar-refractivity contribution < 1.29 is 9.50 Å². The van der Waals surface area contributed by atoms with Crippen molar-refractivity contribution in [3.63, 3.8) is 0 Å². The lowest BCUT2D eigenvalue weighted by Gasteiger charge is -2.28. The molecule has 2 aromatic rings. The first-order valence-electron chi connectivity index (χ1n) is 6.33. The van der Waals surface area contributed by atoms with Crippen molar-refractivity contribution in [2.24, 2.45) is 0 Å². The number of hydrogen-bond donors (Lipinski definition) is 1. The summed E-state index contributed by atoms with van der Waals surface area (Å²) in [5.74, 6) is 0.175. The third-order valence-corrected chi connectivity index (χ3v) is 3.75. The summed E-state index contributed by atoms with van der Waals surface area (Å²) in [7, 11) is 0. The number of rotatable bonds is 2. The van der Waals surface area contributed by atoms with E-state index in [1.807, 2.05) is 18.2 Å². The highest BCUT2D eigenvalue weighted by molar-refractivity contribution is 5.69. The monoisotopic (exact) mass is 242 g/mol. The molecule has 1 nitrogen and oxygen atoms in total. The predicted molar refractivity (Wildman–Crippen MR) is 70.1 cm³/mol. The van der Waals surface area contributed by atoms with Crippen LogP contribution in [0.4, 0.5) is 4.39 Å². The summed E-state index contributed by atoms with van der Waals surface area (Å²) in [5, 5.41) is 9.28. The number of phenolic OH excluding ortho intramolecular Hbond substituents is 1. The minimum atomic E-state index is -0.359. The molecule has 0 heterocycles. The van der Waals surface area contributed by atoms with Gasteiger partial charge in [-0.1, -0.05) is 30.7 Å². The molecule has 0 amide bonds. The summed E-state index contributed by atoms with van der Waals surface area (Å²) in [5.41, 5.74) is 2.77. The molecular weight excluding hydrogens is 227 g/mol. The highest BCUT2D eigenvalue weighted by Crippen LogP contribution is 2.41. The van der Waals surface area contributed by atoms with E-state index in [9.17, 15) is 9.50 Å². The highest BCUT2D eigenvalue weighted by atomic mass is 19.1. The van der Waals surface area contributed by atoms with Gasteiger partial charge in [-0.05, 0) is 42.0 Å². The molecule has 1 aliphatic carbocycles. The maximum Gasteiger partial charge on any atom is 0.134 e. The van der Waals surface area contributed by atoms with Crippen molar-refractivity contribution in [3.8, 4) is 16.9 Å². The second kappa shape index (κ2) is 4.45. The molecule has 1 aliphatic rings. The molecule has 92 valence electrons. The fourth-order valence-electron chi connectivity index (χ4n) is 2.54. The van der Waals surface area contributed by atoms with Crippen LogP contribution in [0, 0.1) is 5.82 Å². The fraction of sp³-hybridized carbons (Fsp3) is 0.250. The van der Waals surface area contributed by atoms with Crippen LogP contribution in [0.2, 0.25) is 0 Å². The van der Waals surface area contributed by atoms with E-state index in [1.54, 1.807) is 6.07 Å². The zero-order chi connectivity index (χ0) is 12.5. The van der Waals surface area contributed by atoms with Crippen LogP contribution in [-0.4, -0.2) is 5.11 Å². The van der Waals surface area contributed by atoms with Crippen LogP contribution < -0.4 is 0 Å². The van der Waals surface area contributed by atoms with Gasteiger partial charge in [0.2, 0.25) is 0 Å². The normalized spacial score (nSPS) is 15.4. The lowest BCUT2D eigenvalue weighted by Crippen LogP contribution is -2.10. The van der Waals surface area contributed by atoms with Crippen LogP contribution in [-0.2, 0) is 0 Å². The molecule has 2 aromatic carbocycles. The average molecular weight is 242 g/mol. The van der Waals surface area contributed by atoms with E-state index in [2.05, 4.69) is 6.07 Å². The minimum absolute atomic E-state index is 0.0302. The predicted octanol–water partition coefficient (Wildman–Crippen LogP) is 4.47. The highest BCUT2D eigenvalue weighted by Gasteiger charge is 2.23. The molecule has 3 rings (SSSR count). The second-order valence-electron chi connectivity index (χ2n) is 4.88. The van der Waals surface area contributed by atoms with Gasteiger partial charge in [-0.2, -0.15) is 0 Å². The fourth-order valence-corrected chi connectivity index (χ4v) is 2.54. The largest absolute Gasteiger partial charge is 0.508 e. The van der Waals surface area contributed by atoms with E-state index < -0.39 is 0 Å². The van der Waals surface area contributed by atoms with E-state index in [1.165, 1.54) is 37.0 Å². The van der Waals surface area contributed by atoms with Gasteiger partial charge in [0, 0.05) is 11.6 Å². The van der Waals surface area contributed by atoms with Crippen molar-refractivity contribution in [1.29, 1.82) is 0 Å². The van der Waals surface area contributed by atoms with E-state index in [-0.39, 0.29) is 11.6 Å². The van der Waals surface area contributed by atoms with E-state index >= 15 is 0 Å². The molecule has 18 heavy (non-hydrogen) atoms. The van der Waals surface area contributed by atoms with Crippen molar-refractivity contribution in [3.05, 3.63) is 53.8 Å². The molecule has 0 saturated heterocycles. The molecular formula is C16H15FO. The van der Waals surface area contributed by atoms with Gasteiger partial charge < -0.3 is 5.11 Å². The number of hydrogen-bond acceptors (Lipinski definition) is 1. The Labute approximate surface area is 106 Å². The van der Waals surface area contributed by atoms with Gasteiger partial charge in [0.05, 0.1) is 0 Å². The summed E-state index contributed by atoms with van der Waals surface area (Å²) in [6.45, 7) is 0. The molecule has 0 aromatic heterocycles. The molecule has 1 saturated carbocycles. The van der Waals surface area contributed by atoms with Gasteiger partial charge >= 0.3 is 0 Å². The summed E-state index contributed by atoms with van der Waals surface area (Å²) >= 11 is 0. The van der Waals surface area contributed by atoms with Gasteiger partial charge in [0.15, 0.2) is 0 Å². The van der Waals surface area contributed by atoms with Crippen molar-refractivity contribution in [2.75, 3.05) is 0 Å². The Morgan fingerprint density at radius 2 is 1.78 bits per heavy atom. The Bertz CT molecular complexity index is 573. The maximum atomic E-state index is 13.9. The minimum Gasteiger partial charge on any atom is -0.508 e. The van der Waals surface area contributed by atoms with Crippen LogP contribution in [0.15, 0.2) is 42.5 Å². The number of aromatic hydroxyl groups is 1. The third-order valence-electron chi connectivity index (χ3n) is 3.75. The van der Waals surface area contributed by atoms with Gasteiger partial charge in [0.25, 0.3) is 0 Å². The first kappa shape index (κ1) is 11.3. The first-order valence-corrected chi connectivity index (χ1v) is 6.33. The number of benzene rings is 2. The summed E-state index contributed by atoms with van der Waals surface area (Å²) in [6.07, 6.45) is 3.64. The van der Waals surface area contributed by atoms with Crippen LogP contribution in [0.25, 0.3) is 11.1 Å². The van der Waals surface area contributed by atoms with Crippen LogP contribution in [0.3, 0.4) is 0 Å². The number of halogens is 1. The topological polar surface area (TPSA) is 20.2 Å². The zero-order valence-corrected chi connectivity index (χ0v) is 10.1. The van der Waals surface area contributed by atoms with Crippen molar-refractivity contribution >= 4 is 0 Å². The molecule has 0 radical (unpaired) electrons. The van der Waals surface area contributed by atoms with E-state index in [0.29, 0.717) is 11.5 Å². The smallest absolute Gasteiger partial charge is 0.134 e. The summed E-state index contributed by atoms with van der Waals surface area (Å²) < 4.78 is 13.9. The van der Waals surface area contributed by atoms with Crippen LogP contribution >= 0.6 is 0 Å². The van der Waals surface area contributed by atoms with Crippen molar-refractivity contribution in [2.45, 2.75) is 25.2 Å². The SMILES string of the molecule is Oc1ccc(-c2ccccc2C2CCC2)c(F)c1. The van der Waals surface area contributed by atoms with E-state index in [4.69, 9.17) is 0 Å². The van der Waals surface area contributed by atoms with Crippen LogP contribution in [0.5, 0.6) is 5.75 Å².